The third kappa shape index (κ3) is 9.57. The van der Waals surface area contributed by atoms with Gasteiger partial charge < -0.3 is 29.2 Å². The summed E-state index contributed by atoms with van der Waals surface area (Å²) >= 11 is 0. The van der Waals surface area contributed by atoms with Crippen LogP contribution in [-0.4, -0.2) is 117 Å². The highest BCUT2D eigenvalue weighted by atomic mass is 16.5. The highest BCUT2D eigenvalue weighted by molar-refractivity contribution is 5.95. The lowest BCUT2D eigenvalue weighted by atomic mass is 9.84. The van der Waals surface area contributed by atoms with Gasteiger partial charge in [0.05, 0.1) is 30.0 Å². The van der Waals surface area contributed by atoms with Gasteiger partial charge in [-0.15, -0.1) is 0 Å². The van der Waals surface area contributed by atoms with Gasteiger partial charge in [0.25, 0.3) is 11.5 Å². The number of pyridine rings is 2. The normalized spacial score (nSPS) is 21.0. The molecule has 2 saturated heterocycles. The van der Waals surface area contributed by atoms with E-state index in [0.29, 0.717) is 44.5 Å². The van der Waals surface area contributed by atoms with Crippen LogP contribution in [0.2, 0.25) is 0 Å². The predicted octanol–water partition coefficient (Wildman–Crippen LogP) is 4.75. The lowest BCUT2D eigenvalue weighted by Gasteiger charge is -2.37. The van der Waals surface area contributed by atoms with Gasteiger partial charge >= 0.3 is 5.97 Å². The van der Waals surface area contributed by atoms with Gasteiger partial charge in [0.15, 0.2) is 0 Å². The van der Waals surface area contributed by atoms with Crippen molar-refractivity contribution < 1.29 is 33.4 Å². The van der Waals surface area contributed by atoms with E-state index < -0.39 is 47.2 Å². The summed E-state index contributed by atoms with van der Waals surface area (Å²) in [6.45, 7) is 16.9. The second-order valence-electron chi connectivity index (χ2n) is 18.9. The number of hydrogen-bond acceptors (Lipinski definition) is 10. The highest BCUT2D eigenvalue weighted by Gasteiger charge is 2.40. The molecular formula is C50H64N8O8. The van der Waals surface area contributed by atoms with Crippen LogP contribution in [0.3, 0.4) is 0 Å². The number of fused-ring (bicyclic) bond motifs is 6. The molecule has 0 spiro atoms. The van der Waals surface area contributed by atoms with Gasteiger partial charge in [0.1, 0.15) is 18.1 Å². The topological polar surface area (TPSA) is 177 Å². The number of cyclic esters (lactones) is 1. The van der Waals surface area contributed by atoms with Crippen molar-refractivity contribution in [1.29, 1.82) is 0 Å². The van der Waals surface area contributed by atoms with Crippen LogP contribution in [0.25, 0.3) is 27.8 Å². The minimum Gasteiger partial charge on any atom is -0.464 e. The van der Waals surface area contributed by atoms with Gasteiger partial charge in [0, 0.05) is 92.3 Å². The average molecular weight is 905 g/mol. The van der Waals surface area contributed by atoms with Crippen LogP contribution >= 0.6 is 0 Å². The van der Waals surface area contributed by atoms with Gasteiger partial charge in [-0.1, -0.05) is 40.3 Å². The number of likely N-dealkylation sites (N-methyl/N-ethyl adjacent to an activating group) is 1. The van der Waals surface area contributed by atoms with Crippen LogP contribution in [0.1, 0.15) is 83.7 Å². The fraction of sp³-hybridized carbons (Fsp3) is 0.500. The minimum absolute atomic E-state index is 0.0801. The first-order valence-corrected chi connectivity index (χ1v) is 23.0. The summed E-state index contributed by atoms with van der Waals surface area (Å²) in [6.07, 6.45) is 6.03. The van der Waals surface area contributed by atoms with Crippen LogP contribution in [0.5, 0.6) is 0 Å². The van der Waals surface area contributed by atoms with Crippen molar-refractivity contribution in [2.24, 2.45) is 17.3 Å². The fourth-order valence-electron chi connectivity index (χ4n) is 9.85. The molecule has 6 heterocycles. The Kier molecular flexibility index (Phi) is 14.3. The molecule has 1 aromatic carbocycles. The number of aryl methyl sites for hydroxylation is 1. The van der Waals surface area contributed by atoms with Crippen molar-refractivity contribution >= 4 is 40.5 Å². The lowest BCUT2D eigenvalue weighted by molar-refractivity contribution is -0.155. The van der Waals surface area contributed by atoms with Crippen molar-refractivity contribution in [2.75, 3.05) is 40.4 Å². The van der Waals surface area contributed by atoms with Gasteiger partial charge in [-0.25, -0.2) is 5.43 Å². The third-order valence-corrected chi connectivity index (χ3v) is 13.3. The molecule has 5 atom stereocenters. The summed E-state index contributed by atoms with van der Waals surface area (Å²) in [4.78, 5) is 91.7. The molecule has 3 aliphatic rings. The second-order valence-corrected chi connectivity index (χ2v) is 18.9. The number of esters is 1. The molecule has 0 aliphatic carbocycles. The van der Waals surface area contributed by atoms with Crippen molar-refractivity contribution in [2.45, 2.75) is 104 Å². The van der Waals surface area contributed by atoms with E-state index in [1.54, 1.807) is 48.2 Å². The molecule has 16 nitrogen and oxygen atoms in total. The molecule has 4 amide bonds. The summed E-state index contributed by atoms with van der Waals surface area (Å²) in [6, 6.07) is 10.2. The number of rotatable bonds is 10. The maximum atomic E-state index is 14.7. The van der Waals surface area contributed by atoms with Crippen molar-refractivity contribution in [3.8, 4) is 16.9 Å². The fourth-order valence-corrected chi connectivity index (χ4v) is 9.85. The van der Waals surface area contributed by atoms with Crippen molar-refractivity contribution in [1.82, 2.24) is 39.7 Å². The van der Waals surface area contributed by atoms with E-state index in [0.717, 1.165) is 33.4 Å². The van der Waals surface area contributed by atoms with Gasteiger partial charge in [0.2, 0.25) is 17.7 Å². The maximum Gasteiger partial charge on any atom is 0.324 e. The number of ether oxygens (including phenoxy) is 2. The van der Waals surface area contributed by atoms with E-state index in [4.69, 9.17) is 14.5 Å². The zero-order valence-electron chi connectivity index (χ0n) is 39.5. The Balaban J connectivity index is 1.32. The zero-order valence-corrected chi connectivity index (χ0v) is 39.5. The Hall–Kier alpha value is -6.13. The average Bonchev–Trinajstić information content (AvgIpc) is 3.92. The van der Waals surface area contributed by atoms with Gasteiger partial charge in [-0.05, 0) is 93.5 Å². The molecule has 0 radical (unpaired) electrons. The first-order valence-electron chi connectivity index (χ1n) is 23.0. The van der Waals surface area contributed by atoms with Crippen LogP contribution in [0.4, 0.5) is 0 Å². The molecule has 2 N–H and O–H groups in total. The number of amides is 4. The number of methoxy groups -OCH3 is 1. The van der Waals surface area contributed by atoms with Gasteiger partial charge in [-0.3, -0.25) is 43.3 Å². The number of nitrogens with one attached hydrogen (secondary N) is 2. The molecule has 352 valence electrons. The van der Waals surface area contributed by atoms with E-state index in [1.807, 2.05) is 45.0 Å². The van der Waals surface area contributed by atoms with Crippen LogP contribution in [0.15, 0.2) is 72.3 Å². The Morgan fingerprint density at radius 1 is 1.09 bits per heavy atom. The zero-order chi connectivity index (χ0) is 47.6. The Labute approximate surface area is 386 Å². The second kappa shape index (κ2) is 19.8. The summed E-state index contributed by atoms with van der Waals surface area (Å²) < 4.78 is 15.7. The quantitative estimate of drug-likeness (QED) is 0.167. The predicted molar refractivity (Wildman–Crippen MR) is 250 cm³/mol. The first kappa shape index (κ1) is 47.8. The number of aromatic nitrogens is 3. The number of carbonyl (C=O) groups is 5. The number of benzene rings is 1. The van der Waals surface area contributed by atoms with E-state index in [-0.39, 0.29) is 61.1 Å². The summed E-state index contributed by atoms with van der Waals surface area (Å²) in [5.74, 6) is -3.06. The molecule has 16 heteroatoms. The number of hydrogen-bond donors (Lipinski definition) is 2. The molecule has 3 aromatic heterocycles. The van der Waals surface area contributed by atoms with Crippen molar-refractivity contribution in [3.63, 3.8) is 0 Å². The number of nitrogens with zero attached hydrogens (tertiary/aromatic N) is 6. The van der Waals surface area contributed by atoms with E-state index in [9.17, 15) is 28.8 Å². The molecule has 2 fully saturated rings. The first-order chi connectivity index (χ1) is 31.5. The Morgan fingerprint density at radius 3 is 2.58 bits per heavy atom. The van der Waals surface area contributed by atoms with E-state index in [2.05, 4.69) is 48.7 Å². The molecule has 1 unspecified atom stereocenters. The number of carbonyl (C=O) groups excluding carboxylic acids is 5. The lowest BCUT2D eigenvalue weighted by Crippen LogP contribution is -2.62. The van der Waals surface area contributed by atoms with Gasteiger partial charge in [-0.2, -0.15) is 0 Å². The monoisotopic (exact) mass is 904 g/mol. The van der Waals surface area contributed by atoms with Crippen LogP contribution in [0, 0.1) is 17.3 Å². The van der Waals surface area contributed by atoms with E-state index >= 15 is 0 Å². The summed E-state index contributed by atoms with van der Waals surface area (Å²) in [5, 5.41) is 5.20. The van der Waals surface area contributed by atoms with Crippen molar-refractivity contribution in [3.05, 3.63) is 94.7 Å². The van der Waals surface area contributed by atoms with E-state index in [1.165, 1.54) is 16.0 Å². The molecule has 3 aliphatic heterocycles. The number of hydrazine groups is 1. The number of likely N-dealkylation sites (tertiary alicyclic amines) is 1. The van der Waals surface area contributed by atoms with Crippen LogP contribution in [-0.2, 0) is 52.8 Å². The molecule has 0 saturated carbocycles. The summed E-state index contributed by atoms with van der Waals surface area (Å²) in [7, 11) is 3.22. The molecule has 66 heavy (non-hydrogen) atoms. The smallest absolute Gasteiger partial charge is 0.324 e. The molecule has 6 bridgehead atoms. The molecule has 4 aromatic rings. The maximum absolute atomic E-state index is 14.7. The van der Waals surface area contributed by atoms with Crippen LogP contribution < -0.4 is 16.3 Å². The SMILES string of the molecule is C=CC(=O)N1CC[C@H](C(=O)N(C)C(C(=O)N[C@H]2Cc3cccn(c3=O)-c3ccc4c(c3)c(c(-c3cccnc3[C@H](C)OC)n4CC)CC(C)(C)COC(=O)[C@@H]3CCCN(N3)C2=O)C(C)C)C1. The molecule has 7 rings (SSSR count). The standard InChI is InChI=1S/C50H64N8O8/c1-10-41(59)55-24-20-33(28-55)46(61)54(8)43(30(3)4)45(60)52-39-25-32-15-13-22-57(47(32)62)34-18-19-40-36(26-34)37(44(56(40)11-2)35-16-12-21-51-42(35)31(5)65-9)27-50(6,7)29-66-49(64)38-17-14-23-58(53-38)48(39)63/h10,12-13,15-16,18-19,21-22,26,30-31,33,38-39,43,53H,1,11,14,17,20,23-25,27-29H2,2-9H3,(H,52,60)/t31-,33-,38-,39-,43?/m0/s1. The Bertz CT molecular complexity index is 2580. The minimum atomic E-state index is -1.27. The third-order valence-electron chi connectivity index (χ3n) is 13.3. The highest BCUT2D eigenvalue weighted by Crippen LogP contribution is 2.41. The molecular weight excluding hydrogens is 841 g/mol. The summed E-state index contributed by atoms with van der Waals surface area (Å²) in [5.41, 5.74) is 7.65. The largest absolute Gasteiger partial charge is 0.464 e. The Morgan fingerprint density at radius 2 is 1.86 bits per heavy atom.